The van der Waals surface area contributed by atoms with Crippen molar-refractivity contribution in [3.05, 3.63) is 0 Å². The van der Waals surface area contributed by atoms with Crippen LogP contribution in [0.15, 0.2) is 0 Å². The molecule has 26 heavy (non-hydrogen) atoms. The maximum absolute atomic E-state index is 12.6. The third-order valence-corrected chi connectivity index (χ3v) is 4.28. The molecular formula is C16H30N4O5S. The lowest BCUT2D eigenvalue weighted by molar-refractivity contribution is -0.142. The van der Waals surface area contributed by atoms with E-state index in [1.807, 2.05) is 6.26 Å². The number of carbonyl (C=O) groups is 4. The van der Waals surface area contributed by atoms with Crippen LogP contribution in [0, 0.1) is 5.92 Å². The zero-order valence-corrected chi connectivity index (χ0v) is 16.7. The van der Waals surface area contributed by atoms with E-state index in [2.05, 4.69) is 16.0 Å². The zero-order chi connectivity index (χ0) is 20.4. The van der Waals surface area contributed by atoms with Gasteiger partial charge in [-0.2, -0.15) is 11.8 Å². The Bertz CT molecular complexity index is 513. The summed E-state index contributed by atoms with van der Waals surface area (Å²) >= 11 is 1.52. The van der Waals surface area contributed by atoms with Crippen LogP contribution in [-0.4, -0.2) is 65.0 Å². The van der Waals surface area contributed by atoms with Gasteiger partial charge in [0, 0.05) is 0 Å². The van der Waals surface area contributed by atoms with Crippen LogP contribution < -0.4 is 21.7 Å². The maximum Gasteiger partial charge on any atom is 0.325 e. The molecule has 0 radical (unpaired) electrons. The summed E-state index contributed by atoms with van der Waals surface area (Å²) in [5.41, 5.74) is 5.53. The van der Waals surface area contributed by atoms with Gasteiger partial charge in [-0.3, -0.25) is 19.2 Å². The lowest BCUT2D eigenvalue weighted by Crippen LogP contribution is -2.58. The first-order chi connectivity index (χ1) is 12.0. The van der Waals surface area contributed by atoms with Gasteiger partial charge >= 0.3 is 5.97 Å². The predicted molar refractivity (Wildman–Crippen MR) is 101 cm³/mol. The molecule has 0 aliphatic heterocycles. The standard InChI is InChI=1S/C16H30N4O5S/c1-8(2)12(15(23)18-10(4)16(24)25)20-14(22)11(6-7-26-5)19-13(21)9(3)17/h8-12H,6-7,17H2,1-5H3,(H,18,23)(H,19,21)(H,20,22)(H,24,25). The van der Waals surface area contributed by atoms with E-state index in [9.17, 15) is 19.2 Å². The van der Waals surface area contributed by atoms with Gasteiger partial charge in [-0.25, -0.2) is 0 Å². The molecule has 150 valence electrons. The van der Waals surface area contributed by atoms with E-state index in [4.69, 9.17) is 10.8 Å². The molecule has 0 bridgehead atoms. The van der Waals surface area contributed by atoms with Gasteiger partial charge in [-0.1, -0.05) is 13.8 Å². The van der Waals surface area contributed by atoms with Crippen LogP contribution >= 0.6 is 11.8 Å². The van der Waals surface area contributed by atoms with E-state index in [1.54, 1.807) is 13.8 Å². The second-order valence-corrected chi connectivity index (χ2v) is 7.42. The summed E-state index contributed by atoms with van der Waals surface area (Å²) in [5.74, 6) is -2.38. The van der Waals surface area contributed by atoms with E-state index in [0.717, 1.165) is 0 Å². The maximum atomic E-state index is 12.6. The van der Waals surface area contributed by atoms with E-state index in [1.165, 1.54) is 25.6 Å². The second-order valence-electron chi connectivity index (χ2n) is 6.43. The molecule has 0 aromatic rings. The van der Waals surface area contributed by atoms with E-state index < -0.39 is 47.9 Å². The van der Waals surface area contributed by atoms with Crippen molar-refractivity contribution in [2.75, 3.05) is 12.0 Å². The zero-order valence-electron chi connectivity index (χ0n) is 15.9. The summed E-state index contributed by atoms with van der Waals surface area (Å²) in [4.78, 5) is 47.6. The molecule has 3 amide bonds. The molecule has 0 fully saturated rings. The minimum absolute atomic E-state index is 0.273. The number of thioether (sulfide) groups is 1. The summed E-state index contributed by atoms with van der Waals surface area (Å²) in [5, 5.41) is 16.4. The number of carboxylic acids is 1. The Kier molecular flexibility index (Phi) is 10.9. The van der Waals surface area contributed by atoms with Crippen LogP contribution in [0.1, 0.15) is 34.1 Å². The van der Waals surface area contributed by atoms with Crippen LogP contribution in [0.2, 0.25) is 0 Å². The van der Waals surface area contributed by atoms with E-state index >= 15 is 0 Å². The van der Waals surface area contributed by atoms with Gasteiger partial charge in [-0.05, 0) is 38.2 Å². The number of hydrogen-bond donors (Lipinski definition) is 5. The molecule has 0 aromatic heterocycles. The van der Waals surface area contributed by atoms with Crippen LogP contribution in [0.5, 0.6) is 0 Å². The van der Waals surface area contributed by atoms with Crippen molar-refractivity contribution < 1.29 is 24.3 Å². The molecular weight excluding hydrogens is 360 g/mol. The summed E-state index contributed by atoms with van der Waals surface area (Å²) < 4.78 is 0. The number of carbonyl (C=O) groups excluding carboxylic acids is 3. The quantitative estimate of drug-likeness (QED) is 0.313. The monoisotopic (exact) mass is 390 g/mol. The highest BCUT2D eigenvalue weighted by atomic mass is 32.2. The molecule has 9 nitrogen and oxygen atoms in total. The van der Waals surface area contributed by atoms with Gasteiger partial charge in [0.25, 0.3) is 0 Å². The molecule has 0 aliphatic carbocycles. The number of aliphatic carboxylic acids is 1. The number of rotatable bonds is 11. The minimum atomic E-state index is -1.17. The fraction of sp³-hybridized carbons (Fsp3) is 0.750. The summed E-state index contributed by atoms with van der Waals surface area (Å²) in [7, 11) is 0. The van der Waals surface area contributed by atoms with Gasteiger partial charge in [-0.15, -0.1) is 0 Å². The molecule has 0 aromatic carbocycles. The Balaban J connectivity index is 5.13. The first-order valence-corrected chi connectivity index (χ1v) is 9.79. The normalized spacial score (nSPS) is 15.5. The van der Waals surface area contributed by atoms with Crippen molar-refractivity contribution in [3.63, 3.8) is 0 Å². The smallest absolute Gasteiger partial charge is 0.325 e. The van der Waals surface area contributed by atoms with Crippen molar-refractivity contribution in [1.29, 1.82) is 0 Å². The van der Waals surface area contributed by atoms with Gasteiger partial charge in [0.2, 0.25) is 17.7 Å². The number of nitrogens with two attached hydrogens (primary N) is 1. The highest BCUT2D eigenvalue weighted by Crippen LogP contribution is 2.06. The largest absolute Gasteiger partial charge is 0.480 e. The van der Waals surface area contributed by atoms with Crippen LogP contribution in [0.25, 0.3) is 0 Å². The van der Waals surface area contributed by atoms with Gasteiger partial charge in [0.15, 0.2) is 0 Å². The summed E-state index contributed by atoms with van der Waals surface area (Å²) in [6.45, 7) is 6.31. The van der Waals surface area contributed by atoms with E-state index in [-0.39, 0.29) is 5.92 Å². The molecule has 0 heterocycles. The van der Waals surface area contributed by atoms with Crippen molar-refractivity contribution >= 4 is 35.5 Å². The highest BCUT2D eigenvalue weighted by Gasteiger charge is 2.30. The third-order valence-electron chi connectivity index (χ3n) is 3.63. The van der Waals surface area contributed by atoms with Crippen LogP contribution in [0.4, 0.5) is 0 Å². The Morgan fingerprint density at radius 3 is 1.96 bits per heavy atom. The summed E-state index contributed by atoms with van der Waals surface area (Å²) in [6, 6.07) is -3.59. The third kappa shape index (κ3) is 8.52. The highest BCUT2D eigenvalue weighted by molar-refractivity contribution is 7.98. The first-order valence-electron chi connectivity index (χ1n) is 8.39. The molecule has 0 saturated carbocycles. The van der Waals surface area contributed by atoms with Gasteiger partial charge in [0.1, 0.15) is 18.1 Å². The van der Waals surface area contributed by atoms with Crippen molar-refractivity contribution in [2.24, 2.45) is 11.7 Å². The molecule has 0 aliphatic rings. The second kappa shape index (κ2) is 11.7. The molecule has 0 saturated heterocycles. The average Bonchev–Trinajstić information content (AvgIpc) is 2.54. The molecule has 10 heteroatoms. The molecule has 0 rings (SSSR count). The fourth-order valence-electron chi connectivity index (χ4n) is 1.96. The fourth-order valence-corrected chi connectivity index (χ4v) is 2.43. The lowest BCUT2D eigenvalue weighted by Gasteiger charge is -2.26. The van der Waals surface area contributed by atoms with Gasteiger partial charge < -0.3 is 26.8 Å². The molecule has 6 N–H and O–H groups in total. The van der Waals surface area contributed by atoms with Crippen molar-refractivity contribution in [2.45, 2.75) is 58.3 Å². The predicted octanol–water partition coefficient (Wildman–Crippen LogP) is -0.698. The topological polar surface area (TPSA) is 151 Å². The van der Waals surface area contributed by atoms with Crippen LogP contribution in [-0.2, 0) is 19.2 Å². The number of amides is 3. The number of nitrogens with one attached hydrogen (secondary N) is 3. The Morgan fingerprint density at radius 1 is 0.962 bits per heavy atom. The average molecular weight is 391 g/mol. The number of hydrogen-bond acceptors (Lipinski definition) is 6. The Hall–Kier alpha value is -1.81. The van der Waals surface area contributed by atoms with Crippen LogP contribution in [0.3, 0.4) is 0 Å². The van der Waals surface area contributed by atoms with Crippen molar-refractivity contribution in [3.8, 4) is 0 Å². The SMILES string of the molecule is CSCCC(NC(=O)C(C)N)C(=O)NC(C(=O)NC(C)C(=O)O)C(C)C. The van der Waals surface area contributed by atoms with E-state index in [0.29, 0.717) is 12.2 Å². The Morgan fingerprint density at radius 2 is 1.54 bits per heavy atom. The van der Waals surface area contributed by atoms with Gasteiger partial charge in [0.05, 0.1) is 6.04 Å². The van der Waals surface area contributed by atoms with Crippen molar-refractivity contribution in [1.82, 2.24) is 16.0 Å². The number of carboxylic acid groups (broad SMARTS) is 1. The molecule has 4 atom stereocenters. The lowest BCUT2D eigenvalue weighted by atomic mass is 10.0. The summed E-state index contributed by atoms with van der Waals surface area (Å²) in [6.07, 6.45) is 2.25. The Labute approximate surface area is 158 Å². The minimum Gasteiger partial charge on any atom is -0.480 e. The molecule has 0 spiro atoms. The molecule has 4 unspecified atom stereocenters. The first kappa shape index (κ1) is 24.2.